The number of nitrogens with one attached hydrogen (secondary N) is 1. The van der Waals surface area contributed by atoms with Gasteiger partial charge in [-0.1, -0.05) is 42.0 Å². The van der Waals surface area contributed by atoms with Crippen molar-refractivity contribution >= 4 is 5.97 Å². The molecule has 4 nitrogen and oxygen atoms in total. The first-order valence-corrected chi connectivity index (χ1v) is 10.6. The lowest BCUT2D eigenvalue weighted by atomic mass is 10.1. The summed E-state index contributed by atoms with van der Waals surface area (Å²) in [5.74, 6) is -2.15. The van der Waals surface area contributed by atoms with Gasteiger partial charge >= 0.3 is 5.97 Å². The summed E-state index contributed by atoms with van der Waals surface area (Å²) in [5.41, 5.74) is 4.19. The zero-order valence-electron chi connectivity index (χ0n) is 18.2. The first kappa shape index (κ1) is 23.6. The molecule has 0 amide bonds. The summed E-state index contributed by atoms with van der Waals surface area (Å²) in [6, 6.07) is 18.6. The first-order chi connectivity index (χ1) is 15.4. The molecule has 6 heteroatoms. The van der Waals surface area contributed by atoms with Gasteiger partial charge in [-0.3, -0.25) is 4.90 Å². The van der Waals surface area contributed by atoms with E-state index in [4.69, 9.17) is 5.11 Å². The van der Waals surface area contributed by atoms with Crippen LogP contribution in [0, 0.1) is 18.6 Å². The van der Waals surface area contributed by atoms with Gasteiger partial charge in [0.15, 0.2) is 0 Å². The van der Waals surface area contributed by atoms with Gasteiger partial charge in [0.2, 0.25) is 0 Å². The van der Waals surface area contributed by atoms with Crippen LogP contribution in [-0.2, 0) is 19.6 Å². The summed E-state index contributed by atoms with van der Waals surface area (Å²) < 4.78 is 27.3. The summed E-state index contributed by atoms with van der Waals surface area (Å²) in [6.45, 7) is 5.32. The maximum Gasteiger partial charge on any atom is 0.335 e. The number of carbonyl (C=O) groups is 1. The highest BCUT2D eigenvalue weighted by molar-refractivity contribution is 5.87. The molecule has 2 N–H and O–H groups in total. The van der Waals surface area contributed by atoms with Crippen molar-refractivity contribution < 1.29 is 18.7 Å². The summed E-state index contributed by atoms with van der Waals surface area (Å²) in [7, 11) is 0. The molecular formula is C26H28F2N2O2. The molecule has 168 valence electrons. The molecule has 0 saturated heterocycles. The fourth-order valence-electron chi connectivity index (χ4n) is 3.55. The fraction of sp³-hybridized carbons (Fsp3) is 0.269. The molecule has 32 heavy (non-hydrogen) atoms. The Kier molecular flexibility index (Phi) is 8.48. The molecule has 0 saturated carbocycles. The monoisotopic (exact) mass is 438 g/mol. The standard InChI is InChI=1S/C26H28F2N2O2/c1-19-3-5-20(6-4-19)16-29-11-2-12-30(18-22-13-24(27)15-25(28)14-22)17-21-7-9-23(10-8-21)26(31)32/h3-10,13-15,29H,2,11-12,16-18H2,1H3,(H,31,32). The molecule has 0 spiro atoms. The van der Waals surface area contributed by atoms with Gasteiger partial charge in [0.25, 0.3) is 0 Å². The number of benzene rings is 3. The molecule has 0 aliphatic rings. The van der Waals surface area contributed by atoms with Crippen LogP contribution >= 0.6 is 0 Å². The van der Waals surface area contributed by atoms with Crippen molar-refractivity contribution in [1.82, 2.24) is 10.2 Å². The van der Waals surface area contributed by atoms with Crippen molar-refractivity contribution in [3.63, 3.8) is 0 Å². The Morgan fingerprint density at radius 1 is 0.875 bits per heavy atom. The van der Waals surface area contributed by atoms with Crippen LogP contribution in [0.15, 0.2) is 66.7 Å². The highest BCUT2D eigenvalue weighted by Gasteiger charge is 2.10. The van der Waals surface area contributed by atoms with Crippen molar-refractivity contribution in [2.24, 2.45) is 0 Å². The molecule has 0 heterocycles. The average molecular weight is 439 g/mol. The molecule has 3 rings (SSSR count). The van der Waals surface area contributed by atoms with E-state index in [0.29, 0.717) is 18.7 Å². The number of rotatable bonds is 11. The summed E-state index contributed by atoms with van der Waals surface area (Å²) in [6.07, 6.45) is 0.858. The quantitative estimate of drug-likeness (QED) is 0.407. The smallest absolute Gasteiger partial charge is 0.335 e. The number of nitrogens with zero attached hydrogens (tertiary/aromatic N) is 1. The van der Waals surface area contributed by atoms with Crippen molar-refractivity contribution in [3.05, 3.63) is 106 Å². The largest absolute Gasteiger partial charge is 0.478 e. The third-order valence-electron chi connectivity index (χ3n) is 5.21. The van der Waals surface area contributed by atoms with Gasteiger partial charge in [0.05, 0.1) is 5.56 Å². The van der Waals surface area contributed by atoms with E-state index in [0.717, 1.165) is 37.7 Å². The van der Waals surface area contributed by atoms with Crippen molar-refractivity contribution in [1.29, 1.82) is 0 Å². The molecule has 0 fully saturated rings. The minimum Gasteiger partial charge on any atom is -0.478 e. The molecular weight excluding hydrogens is 410 g/mol. The second-order valence-electron chi connectivity index (χ2n) is 8.01. The minimum absolute atomic E-state index is 0.229. The third-order valence-corrected chi connectivity index (χ3v) is 5.21. The number of aromatic carboxylic acids is 1. The Labute approximate surface area is 187 Å². The normalized spacial score (nSPS) is 11.1. The number of carboxylic acid groups (broad SMARTS) is 1. The molecule has 0 bridgehead atoms. The Balaban J connectivity index is 1.58. The van der Waals surface area contributed by atoms with Crippen LogP contribution in [0.3, 0.4) is 0 Å². The molecule has 0 atom stereocenters. The van der Waals surface area contributed by atoms with Gasteiger partial charge in [0.1, 0.15) is 11.6 Å². The number of hydrogen-bond donors (Lipinski definition) is 2. The minimum atomic E-state index is -0.969. The van der Waals surface area contributed by atoms with E-state index in [2.05, 4.69) is 41.4 Å². The van der Waals surface area contributed by atoms with Crippen LogP contribution in [0.5, 0.6) is 0 Å². The van der Waals surface area contributed by atoms with Gasteiger partial charge in [-0.25, -0.2) is 13.6 Å². The molecule has 0 aliphatic carbocycles. The van der Waals surface area contributed by atoms with Gasteiger partial charge in [0, 0.05) is 32.2 Å². The summed E-state index contributed by atoms with van der Waals surface area (Å²) >= 11 is 0. The Bertz CT molecular complexity index is 1000. The van der Waals surface area contributed by atoms with Crippen LogP contribution in [0.25, 0.3) is 0 Å². The van der Waals surface area contributed by atoms with Crippen LogP contribution in [0.4, 0.5) is 8.78 Å². The lowest BCUT2D eigenvalue weighted by Gasteiger charge is -2.23. The Hall–Kier alpha value is -3.09. The third kappa shape index (κ3) is 7.55. The van der Waals surface area contributed by atoms with Crippen LogP contribution in [-0.4, -0.2) is 29.1 Å². The number of carboxylic acids is 1. The van der Waals surface area contributed by atoms with Crippen molar-refractivity contribution in [3.8, 4) is 0 Å². The average Bonchev–Trinajstić information content (AvgIpc) is 2.74. The summed E-state index contributed by atoms with van der Waals surface area (Å²) in [5, 5.41) is 12.5. The van der Waals surface area contributed by atoms with E-state index in [1.807, 2.05) is 0 Å². The van der Waals surface area contributed by atoms with E-state index in [9.17, 15) is 13.6 Å². The molecule has 0 aliphatic heterocycles. The van der Waals surface area contributed by atoms with E-state index in [-0.39, 0.29) is 5.56 Å². The summed E-state index contributed by atoms with van der Waals surface area (Å²) in [4.78, 5) is 13.2. The number of halogens is 2. The predicted molar refractivity (Wildman–Crippen MR) is 121 cm³/mol. The Morgan fingerprint density at radius 3 is 2.09 bits per heavy atom. The lowest BCUT2D eigenvalue weighted by Crippen LogP contribution is -2.27. The maximum atomic E-state index is 13.6. The SMILES string of the molecule is Cc1ccc(CNCCCN(Cc2ccc(C(=O)O)cc2)Cc2cc(F)cc(F)c2)cc1. The second kappa shape index (κ2) is 11.5. The second-order valence-corrected chi connectivity index (χ2v) is 8.01. The first-order valence-electron chi connectivity index (χ1n) is 10.6. The van der Waals surface area contributed by atoms with E-state index in [1.165, 1.54) is 23.3 Å². The molecule has 0 aromatic heterocycles. The highest BCUT2D eigenvalue weighted by atomic mass is 19.1. The highest BCUT2D eigenvalue weighted by Crippen LogP contribution is 2.14. The van der Waals surface area contributed by atoms with Gasteiger partial charge in [-0.2, -0.15) is 0 Å². The zero-order chi connectivity index (χ0) is 22.9. The van der Waals surface area contributed by atoms with Crippen LogP contribution < -0.4 is 5.32 Å². The van der Waals surface area contributed by atoms with Crippen LogP contribution in [0.2, 0.25) is 0 Å². The molecule has 3 aromatic carbocycles. The van der Waals surface area contributed by atoms with Crippen molar-refractivity contribution in [2.75, 3.05) is 13.1 Å². The van der Waals surface area contributed by atoms with Crippen molar-refractivity contribution in [2.45, 2.75) is 33.0 Å². The lowest BCUT2D eigenvalue weighted by molar-refractivity contribution is 0.0697. The topological polar surface area (TPSA) is 52.6 Å². The van der Waals surface area contributed by atoms with Crippen LogP contribution in [0.1, 0.15) is 39.0 Å². The molecule has 3 aromatic rings. The zero-order valence-corrected chi connectivity index (χ0v) is 18.2. The predicted octanol–water partition coefficient (Wildman–Crippen LogP) is 5.15. The van der Waals surface area contributed by atoms with Gasteiger partial charge < -0.3 is 10.4 Å². The number of hydrogen-bond acceptors (Lipinski definition) is 3. The fourth-order valence-corrected chi connectivity index (χ4v) is 3.55. The van der Waals surface area contributed by atoms with E-state index >= 15 is 0 Å². The van der Waals surface area contributed by atoms with Gasteiger partial charge in [-0.05, 0) is 60.8 Å². The Morgan fingerprint density at radius 2 is 1.47 bits per heavy atom. The van der Waals surface area contributed by atoms with E-state index in [1.54, 1.807) is 24.3 Å². The molecule has 0 radical (unpaired) electrons. The maximum absolute atomic E-state index is 13.6. The van der Waals surface area contributed by atoms with Gasteiger partial charge in [-0.15, -0.1) is 0 Å². The molecule has 0 unspecified atom stereocenters. The van der Waals surface area contributed by atoms with E-state index < -0.39 is 17.6 Å². The number of aryl methyl sites for hydroxylation is 1.